The van der Waals surface area contributed by atoms with E-state index in [9.17, 15) is 9.90 Å². The predicted octanol–water partition coefficient (Wildman–Crippen LogP) is 3.25. The number of phenols is 1. The lowest BCUT2D eigenvalue weighted by molar-refractivity contribution is -0.140. The highest BCUT2D eigenvalue weighted by molar-refractivity contribution is 5.86. The predicted molar refractivity (Wildman–Crippen MR) is 71.7 cm³/mol. The van der Waals surface area contributed by atoms with E-state index < -0.39 is 5.97 Å². The summed E-state index contributed by atoms with van der Waals surface area (Å²) in [4.78, 5) is 11.4. The Bertz CT molecular complexity index is 484. The largest absolute Gasteiger partial charge is 0.507 e. The fraction of sp³-hybridized carbons (Fsp3) is 0.400. The smallest absolute Gasteiger partial charge is 0.333 e. The molecule has 0 unspecified atom stereocenters. The summed E-state index contributed by atoms with van der Waals surface area (Å²) >= 11 is 0. The Hall–Kier alpha value is -1.77. The number of carbonyl (C=O) groups excluding carboxylic acids is 1. The van der Waals surface area contributed by atoms with Crippen LogP contribution in [-0.2, 0) is 16.1 Å². The monoisotopic (exact) mass is 248 g/mol. The fourth-order valence-corrected chi connectivity index (χ4v) is 1.85. The van der Waals surface area contributed by atoms with Crippen LogP contribution in [0.1, 0.15) is 34.7 Å². The maximum absolute atomic E-state index is 11.4. The number of phenolic OH excluding ortho intramolecular Hbond substituents is 1. The Balaban J connectivity index is 3.11. The molecule has 1 rings (SSSR count). The molecular formula is C15H20O3. The summed E-state index contributed by atoms with van der Waals surface area (Å²) in [6.07, 6.45) is 0. The first kappa shape index (κ1) is 14.3. The van der Waals surface area contributed by atoms with Gasteiger partial charge in [0.15, 0.2) is 0 Å². The minimum absolute atomic E-state index is 0.214. The van der Waals surface area contributed by atoms with Gasteiger partial charge >= 0.3 is 5.97 Å². The van der Waals surface area contributed by atoms with Gasteiger partial charge in [-0.3, -0.25) is 0 Å². The van der Waals surface area contributed by atoms with Gasteiger partial charge in [-0.05, 0) is 62.4 Å². The summed E-state index contributed by atoms with van der Waals surface area (Å²) in [7, 11) is 0. The number of hydrogen-bond donors (Lipinski definition) is 1. The zero-order valence-electron chi connectivity index (χ0n) is 11.7. The van der Waals surface area contributed by atoms with Crippen molar-refractivity contribution in [2.75, 3.05) is 0 Å². The number of aromatic hydroxyl groups is 1. The van der Waals surface area contributed by atoms with Crippen molar-refractivity contribution < 1.29 is 14.6 Å². The van der Waals surface area contributed by atoms with Crippen LogP contribution in [0.4, 0.5) is 0 Å². The average molecular weight is 248 g/mol. The Morgan fingerprint density at radius 1 is 1.11 bits per heavy atom. The average Bonchev–Trinajstić information content (AvgIpc) is 2.33. The maximum atomic E-state index is 11.4. The first-order valence-corrected chi connectivity index (χ1v) is 5.88. The molecule has 0 aliphatic heterocycles. The van der Waals surface area contributed by atoms with Gasteiger partial charge < -0.3 is 9.84 Å². The maximum Gasteiger partial charge on any atom is 0.333 e. The van der Waals surface area contributed by atoms with E-state index in [4.69, 9.17) is 4.74 Å². The molecule has 3 nitrogen and oxygen atoms in total. The molecule has 3 heteroatoms. The van der Waals surface area contributed by atoms with Crippen molar-refractivity contribution in [3.63, 3.8) is 0 Å². The van der Waals surface area contributed by atoms with Gasteiger partial charge in [-0.25, -0.2) is 4.79 Å². The summed E-state index contributed by atoms with van der Waals surface area (Å²) in [5.74, 6) is -0.0721. The molecule has 1 aromatic carbocycles. The third kappa shape index (κ3) is 2.55. The normalized spacial score (nSPS) is 10.3. The molecule has 0 heterocycles. The summed E-state index contributed by atoms with van der Waals surface area (Å²) in [5.41, 5.74) is 4.93. The van der Waals surface area contributed by atoms with Gasteiger partial charge in [0.2, 0.25) is 0 Å². The molecule has 0 bridgehead atoms. The topological polar surface area (TPSA) is 46.5 Å². The molecule has 0 fully saturated rings. The zero-order chi connectivity index (χ0) is 14.0. The molecule has 0 radical (unpaired) electrons. The molecule has 0 aliphatic rings. The van der Waals surface area contributed by atoms with Crippen LogP contribution in [0.5, 0.6) is 5.75 Å². The molecule has 0 spiro atoms. The van der Waals surface area contributed by atoms with Crippen LogP contribution in [0.15, 0.2) is 12.2 Å². The zero-order valence-corrected chi connectivity index (χ0v) is 11.7. The van der Waals surface area contributed by atoms with Crippen molar-refractivity contribution in [1.29, 1.82) is 0 Å². The third-order valence-corrected chi connectivity index (χ3v) is 3.44. The molecular weight excluding hydrogens is 228 g/mol. The Morgan fingerprint density at radius 2 is 1.56 bits per heavy atom. The van der Waals surface area contributed by atoms with Crippen LogP contribution in [0, 0.1) is 27.7 Å². The van der Waals surface area contributed by atoms with Crippen molar-refractivity contribution >= 4 is 5.97 Å². The van der Waals surface area contributed by atoms with Gasteiger partial charge in [-0.2, -0.15) is 0 Å². The highest BCUT2D eigenvalue weighted by Gasteiger charge is 2.15. The summed E-state index contributed by atoms with van der Waals surface area (Å²) in [6.45, 7) is 12.9. The van der Waals surface area contributed by atoms with Gasteiger partial charge in [0.1, 0.15) is 12.4 Å². The Morgan fingerprint density at radius 3 is 1.94 bits per heavy atom. The minimum Gasteiger partial charge on any atom is -0.507 e. The number of carbonyl (C=O) groups is 1. The molecule has 98 valence electrons. The van der Waals surface area contributed by atoms with E-state index in [2.05, 4.69) is 6.58 Å². The first-order chi connectivity index (χ1) is 8.27. The van der Waals surface area contributed by atoms with Crippen LogP contribution < -0.4 is 0 Å². The fourth-order valence-electron chi connectivity index (χ4n) is 1.85. The van der Waals surface area contributed by atoms with Gasteiger partial charge in [0, 0.05) is 5.57 Å². The van der Waals surface area contributed by atoms with Crippen LogP contribution in [-0.4, -0.2) is 11.1 Å². The minimum atomic E-state index is -0.391. The van der Waals surface area contributed by atoms with Crippen molar-refractivity contribution in [3.05, 3.63) is 40.0 Å². The van der Waals surface area contributed by atoms with Crippen LogP contribution >= 0.6 is 0 Å². The van der Waals surface area contributed by atoms with Crippen molar-refractivity contribution in [1.82, 2.24) is 0 Å². The van der Waals surface area contributed by atoms with Gasteiger partial charge in [-0.1, -0.05) is 6.58 Å². The van der Waals surface area contributed by atoms with Crippen LogP contribution in [0.25, 0.3) is 0 Å². The van der Waals surface area contributed by atoms with Gasteiger partial charge in [-0.15, -0.1) is 0 Å². The van der Waals surface area contributed by atoms with Gasteiger partial charge in [0.05, 0.1) is 0 Å². The molecule has 0 aromatic heterocycles. The Kier molecular flexibility index (Phi) is 4.17. The van der Waals surface area contributed by atoms with E-state index in [1.807, 2.05) is 27.7 Å². The lowest BCUT2D eigenvalue weighted by Crippen LogP contribution is -2.08. The Labute approximate surface area is 108 Å². The summed E-state index contributed by atoms with van der Waals surface area (Å²) < 4.78 is 5.18. The van der Waals surface area contributed by atoms with E-state index in [-0.39, 0.29) is 6.61 Å². The molecule has 0 saturated carbocycles. The van der Waals surface area contributed by atoms with E-state index in [1.54, 1.807) is 6.92 Å². The number of benzene rings is 1. The molecule has 0 amide bonds. The van der Waals surface area contributed by atoms with Gasteiger partial charge in [0.25, 0.3) is 0 Å². The molecule has 1 N–H and O–H groups in total. The molecule has 1 aromatic rings. The molecule has 0 atom stereocenters. The van der Waals surface area contributed by atoms with Crippen LogP contribution in [0.2, 0.25) is 0 Å². The second-order valence-corrected chi connectivity index (χ2v) is 4.68. The molecule has 0 saturated heterocycles. The van der Waals surface area contributed by atoms with E-state index in [0.29, 0.717) is 11.3 Å². The van der Waals surface area contributed by atoms with Crippen molar-refractivity contribution in [2.24, 2.45) is 0 Å². The molecule has 0 aliphatic carbocycles. The SMILES string of the molecule is C=C(C)C(=O)OCc1c(C)c(C)c(O)c(C)c1C. The van der Waals surface area contributed by atoms with E-state index >= 15 is 0 Å². The highest BCUT2D eigenvalue weighted by Crippen LogP contribution is 2.31. The van der Waals surface area contributed by atoms with Crippen molar-refractivity contribution in [2.45, 2.75) is 41.2 Å². The number of hydrogen-bond acceptors (Lipinski definition) is 3. The standard InChI is InChI=1S/C15H20O3/c1-8(2)15(17)18-7-13-9(3)11(5)14(16)12(6)10(13)4/h16H,1,7H2,2-6H3. The van der Waals surface area contributed by atoms with Crippen molar-refractivity contribution in [3.8, 4) is 5.75 Å². The second-order valence-electron chi connectivity index (χ2n) is 4.68. The first-order valence-electron chi connectivity index (χ1n) is 5.88. The van der Waals surface area contributed by atoms with E-state index in [1.165, 1.54) is 0 Å². The quantitative estimate of drug-likeness (QED) is 0.659. The number of esters is 1. The lowest BCUT2D eigenvalue weighted by atomic mass is 9.93. The summed E-state index contributed by atoms with van der Waals surface area (Å²) in [6, 6.07) is 0. The second kappa shape index (κ2) is 5.25. The highest BCUT2D eigenvalue weighted by atomic mass is 16.5. The molecule has 18 heavy (non-hydrogen) atoms. The lowest BCUT2D eigenvalue weighted by Gasteiger charge is -2.17. The number of ether oxygens (including phenoxy) is 1. The number of rotatable bonds is 3. The third-order valence-electron chi connectivity index (χ3n) is 3.44. The van der Waals surface area contributed by atoms with Crippen LogP contribution in [0.3, 0.4) is 0 Å². The summed E-state index contributed by atoms with van der Waals surface area (Å²) in [5, 5.41) is 9.94. The van der Waals surface area contributed by atoms with E-state index in [0.717, 1.165) is 27.8 Å².